The summed E-state index contributed by atoms with van der Waals surface area (Å²) in [5, 5.41) is 0. The normalized spacial score (nSPS) is 10.4. The first-order valence-electron chi connectivity index (χ1n) is 4.69. The van der Waals surface area contributed by atoms with Gasteiger partial charge in [0.15, 0.2) is 0 Å². The highest BCUT2D eigenvalue weighted by Gasteiger charge is 2.08. The van der Waals surface area contributed by atoms with Crippen molar-refractivity contribution in [2.24, 2.45) is 5.73 Å². The second-order valence-electron chi connectivity index (χ2n) is 3.37. The number of nitrogens with two attached hydrogens (primary N) is 1. The van der Waals surface area contributed by atoms with Gasteiger partial charge in [-0.25, -0.2) is 4.98 Å². The monoisotopic (exact) mass is 279 g/mol. The van der Waals surface area contributed by atoms with Gasteiger partial charge in [0.05, 0.1) is 5.56 Å². The number of aromatic nitrogens is 2. The molecule has 0 aliphatic carbocycles. The van der Waals surface area contributed by atoms with E-state index in [2.05, 4.69) is 20.9 Å². The summed E-state index contributed by atoms with van der Waals surface area (Å²) in [6, 6.07) is 5.37. The molecule has 0 aliphatic rings. The van der Waals surface area contributed by atoms with Crippen LogP contribution in [-0.2, 0) is 0 Å². The molecule has 1 aromatic carbocycles. The lowest BCUT2D eigenvalue weighted by Crippen LogP contribution is -2.11. The lowest BCUT2D eigenvalue weighted by atomic mass is 10.2. The van der Waals surface area contributed by atoms with Gasteiger partial charge in [0, 0.05) is 22.6 Å². The van der Waals surface area contributed by atoms with E-state index in [1.165, 1.54) is 0 Å². The summed E-state index contributed by atoms with van der Waals surface area (Å²) in [5.41, 5.74) is 6.64. The zero-order chi connectivity index (χ0) is 11.7. The second-order valence-corrected chi connectivity index (χ2v) is 4.23. The smallest absolute Gasteiger partial charge is 0.249 e. The van der Waals surface area contributed by atoms with Crippen LogP contribution in [0.5, 0.6) is 0 Å². The number of aryl methyl sites for hydroxylation is 1. The molecule has 1 aromatic heterocycles. The largest absolute Gasteiger partial charge is 0.366 e. The number of imidazole rings is 1. The van der Waals surface area contributed by atoms with E-state index < -0.39 is 5.91 Å². The summed E-state index contributed by atoms with van der Waals surface area (Å²) in [7, 11) is 0. The minimum absolute atomic E-state index is 0.444. The van der Waals surface area contributed by atoms with Gasteiger partial charge in [-0.15, -0.1) is 0 Å². The number of rotatable bonds is 2. The molecule has 0 fully saturated rings. The highest BCUT2D eigenvalue weighted by Crippen LogP contribution is 2.21. The molecular weight excluding hydrogens is 270 g/mol. The number of halogens is 1. The van der Waals surface area contributed by atoms with Gasteiger partial charge in [0.25, 0.3) is 0 Å². The predicted octanol–water partition coefficient (Wildman–Crippen LogP) is 2.04. The molecular formula is C11H10BrN3O. The Morgan fingerprint density at radius 2 is 2.25 bits per heavy atom. The molecule has 0 aliphatic heterocycles. The number of primary amides is 1. The van der Waals surface area contributed by atoms with Crippen LogP contribution in [0, 0.1) is 6.92 Å². The Hall–Kier alpha value is -1.62. The van der Waals surface area contributed by atoms with Crippen LogP contribution in [-0.4, -0.2) is 15.5 Å². The maximum atomic E-state index is 11.1. The SMILES string of the molecule is Cc1nccn1-c1ccc(C(N)=O)c(Br)c1. The summed E-state index contributed by atoms with van der Waals surface area (Å²) < 4.78 is 2.61. The molecule has 0 saturated carbocycles. The maximum Gasteiger partial charge on any atom is 0.249 e. The van der Waals surface area contributed by atoms with Crippen molar-refractivity contribution < 1.29 is 4.79 Å². The van der Waals surface area contributed by atoms with E-state index in [4.69, 9.17) is 5.73 Å². The van der Waals surface area contributed by atoms with Crippen molar-refractivity contribution in [1.29, 1.82) is 0 Å². The number of carbonyl (C=O) groups excluding carboxylic acids is 1. The first-order valence-corrected chi connectivity index (χ1v) is 5.48. The highest BCUT2D eigenvalue weighted by molar-refractivity contribution is 9.10. The van der Waals surface area contributed by atoms with Crippen molar-refractivity contribution in [3.63, 3.8) is 0 Å². The predicted molar refractivity (Wildman–Crippen MR) is 64.5 cm³/mol. The van der Waals surface area contributed by atoms with Gasteiger partial charge >= 0.3 is 0 Å². The van der Waals surface area contributed by atoms with Crippen LogP contribution in [0.4, 0.5) is 0 Å². The van der Waals surface area contributed by atoms with E-state index in [0.29, 0.717) is 10.0 Å². The molecule has 16 heavy (non-hydrogen) atoms. The molecule has 1 amide bonds. The fraction of sp³-hybridized carbons (Fsp3) is 0.0909. The molecule has 0 unspecified atom stereocenters. The Morgan fingerprint density at radius 1 is 1.50 bits per heavy atom. The Kier molecular flexibility index (Phi) is 2.78. The summed E-state index contributed by atoms with van der Waals surface area (Å²) >= 11 is 3.32. The molecule has 0 radical (unpaired) electrons. The van der Waals surface area contributed by atoms with Crippen molar-refractivity contribution in [2.45, 2.75) is 6.92 Å². The zero-order valence-electron chi connectivity index (χ0n) is 8.64. The van der Waals surface area contributed by atoms with Gasteiger partial charge in [-0.05, 0) is 41.1 Å². The number of hydrogen-bond acceptors (Lipinski definition) is 2. The van der Waals surface area contributed by atoms with Crippen LogP contribution in [0.2, 0.25) is 0 Å². The van der Waals surface area contributed by atoms with Gasteiger partial charge in [-0.3, -0.25) is 4.79 Å². The number of nitrogens with zero attached hydrogens (tertiary/aromatic N) is 2. The zero-order valence-corrected chi connectivity index (χ0v) is 10.2. The van der Waals surface area contributed by atoms with Crippen LogP contribution in [0.1, 0.15) is 16.2 Å². The Morgan fingerprint density at radius 3 is 2.75 bits per heavy atom. The minimum Gasteiger partial charge on any atom is -0.366 e. The second kappa shape index (κ2) is 4.09. The van der Waals surface area contributed by atoms with E-state index >= 15 is 0 Å². The van der Waals surface area contributed by atoms with Crippen LogP contribution in [0.3, 0.4) is 0 Å². The number of amides is 1. The molecule has 2 rings (SSSR count). The van der Waals surface area contributed by atoms with E-state index in [1.807, 2.05) is 29.8 Å². The van der Waals surface area contributed by atoms with Gasteiger partial charge in [0.1, 0.15) is 5.82 Å². The Bertz CT molecular complexity index is 548. The van der Waals surface area contributed by atoms with Crippen LogP contribution in [0.25, 0.3) is 5.69 Å². The van der Waals surface area contributed by atoms with Gasteiger partial charge in [-0.1, -0.05) is 0 Å². The fourth-order valence-corrected chi connectivity index (χ4v) is 2.07. The number of hydrogen-bond donors (Lipinski definition) is 1. The highest BCUT2D eigenvalue weighted by atomic mass is 79.9. The van der Waals surface area contributed by atoms with E-state index in [9.17, 15) is 4.79 Å². The Labute approximate surface area is 101 Å². The standard InChI is InChI=1S/C11H10BrN3O/c1-7-14-4-5-15(7)8-2-3-9(11(13)16)10(12)6-8/h2-6H,1H3,(H2,13,16). The molecule has 4 nitrogen and oxygen atoms in total. The maximum absolute atomic E-state index is 11.1. The average molecular weight is 280 g/mol. The summed E-state index contributed by atoms with van der Waals surface area (Å²) in [6.45, 7) is 1.91. The molecule has 82 valence electrons. The minimum atomic E-state index is -0.444. The van der Waals surface area contributed by atoms with Crippen LogP contribution >= 0.6 is 15.9 Å². The quantitative estimate of drug-likeness (QED) is 0.915. The van der Waals surface area contributed by atoms with Crippen LogP contribution < -0.4 is 5.73 Å². The van der Waals surface area contributed by atoms with E-state index in [1.54, 1.807) is 12.3 Å². The van der Waals surface area contributed by atoms with Crippen LogP contribution in [0.15, 0.2) is 35.1 Å². The van der Waals surface area contributed by atoms with Crippen molar-refractivity contribution >= 4 is 21.8 Å². The van der Waals surface area contributed by atoms with E-state index in [0.717, 1.165) is 11.5 Å². The summed E-state index contributed by atoms with van der Waals surface area (Å²) in [6.07, 6.45) is 3.59. The topological polar surface area (TPSA) is 60.9 Å². The first kappa shape index (κ1) is 10.9. The lowest BCUT2D eigenvalue weighted by Gasteiger charge is -2.07. The molecule has 5 heteroatoms. The fourth-order valence-electron chi connectivity index (χ4n) is 1.50. The number of benzene rings is 1. The van der Waals surface area contributed by atoms with Crippen molar-refractivity contribution in [3.8, 4) is 5.69 Å². The van der Waals surface area contributed by atoms with E-state index in [-0.39, 0.29) is 0 Å². The third-order valence-electron chi connectivity index (χ3n) is 2.32. The van der Waals surface area contributed by atoms with Crippen molar-refractivity contribution in [2.75, 3.05) is 0 Å². The molecule has 0 atom stereocenters. The molecule has 2 aromatic rings. The van der Waals surface area contributed by atoms with Gasteiger partial charge in [-0.2, -0.15) is 0 Å². The molecule has 0 bridgehead atoms. The molecule has 0 saturated heterocycles. The van der Waals surface area contributed by atoms with Crippen molar-refractivity contribution in [1.82, 2.24) is 9.55 Å². The lowest BCUT2D eigenvalue weighted by molar-refractivity contribution is 0.0999. The number of carbonyl (C=O) groups is 1. The molecule has 0 spiro atoms. The molecule has 1 heterocycles. The van der Waals surface area contributed by atoms with Gasteiger partial charge < -0.3 is 10.3 Å². The summed E-state index contributed by atoms with van der Waals surface area (Å²) in [5.74, 6) is 0.444. The third kappa shape index (κ3) is 1.86. The molecule has 2 N–H and O–H groups in total. The average Bonchev–Trinajstić information content (AvgIpc) is 2.63. The summed E-state index contributed by atoms with van der Waals surface area (Å²) in [4.78, 5) is 15.2. The Balaban J connectivity index is 2.50. The van der Waals surface area contributed by atoms with Gasteiger partial charge in [0.2, 0.25) is 5.91 Å². The third-order valence-corrected chi connectivity index (χ3v) is 2.98. The van der Waals surface area contributed by atoms with Crippen molar-refractivity contribution in [3.05, 3.63) is 46.5 Å². The first-order chi connectivity index (χ1) is 7.59.